The molecule has 1 aromatic rings. The zero-order valence-corrected chi connectivity index (χ0v) is 10.4. The van der Waals surface area contributed by atoms with Crippen LogP contribution in [0.4, 0.5) is 13.2 Å². The molecule has 0 aliphatic rings. The highest BCUT2D eigenvalue weighted by Crippen LogP contribution is 2.34. The van der Waals surface area contributed by atoms with Crippen LogP contribution in [0.2, 0.25) is 0 Å². The highest BCUT2D eigenvalue weighted by molar-refractivity contribution is 5.95. The van der Waals surface area contributed by atoms with Crippen LogP contribution in [-0.2, 0) is 6.18 Å². The lowest BCUT2D eigenvalue weighted by atomic mass is 10.1. The van der Waals surface area contributed by atoms with Crippen molar-refractivity contribution in [1.29, 1.82) is 0 Å². The molecule has 0 aliphatic heterocycles. The first-order valence-electron chi connectivity index (χ1n) is 5.75. The second kappa shape index (κ2) is 6.42. The third kappa shape index (κ3) is 4.13. The van der Waals surface area contributed by atoms with Crippen molar-refractivity contribution in [3.05, 3.63) is 29.3 Å². The Morgan fingerprint density at radius 3 is 2.63 bits per heavy atom. The van der Waals surface area contributed by atoms with Gasteiger partial charge in [0.1, 0.15) is 5.75 Å². The summed E-state index contributed by atoms with van der Waals surface area (Å²) < 4.78 is 43.7. The molecule has 0 spiro atoms. The second-order valence-electron chi connectivity index (χ2n) is 3.88. The average molecular weight is 276 g/mol. The van der Waals surface area contributed by atoms with Crippen molar-refractivity contribution in [1.82, 2.24) is 5.43 Å². The Kier molecular flexibility index (Phi) is 5.17. The number of carbonyl (C=O) groups is 1. The fourth-order valence-electron chi connectivity index (χ4n) is 1.46. The van der Waals surface area contributed by atoms with Crippen LogP contribution in [0.1, 0.15) is 35.7 Å². The molecule has 1 rings (SSSR count). The van der Waals surface area contributed by atoms with Crippen LogP contribution < -0.4 is 16.0 Å². The fourth-order valence-corrected chi connectivity index (χ4v) is 1.46. The van der Waals surface area contributed by atoms with E-state index in [1.54, 1.807) is 5.43 Å². The number of nitrogens with one attached hydrogen (secondary N) is 1. The number of rotatable bonds is 5. The molecule has 0 radical (unpaired) electrons. The first-order chi connectivity index (χ1) is 8.90. The third-order valence-corrected chi connectivity index (χ3v) is 2.44. The van der Waals surface area contributed by atoms with Crippen molar-refractivity contribution in [2.75, 3.05) is 6.61 Å². The Labute approximate surface area is 108 Å². The minimum absolute atomic E-state index is 0.0781. The summed E-state index contributed by atoms with van der Waals surface area (Å²) in [6.45, 7) is 2.27. The molecule has 106 valence electrons. The Morgan fingerprint density at radius 2 is 2.11 bits per heavy atom. The Hall–Kier alpha value is -1.76. The van der Waals surface area contributed by atoms with Gasteiger partial charge in [-0.25, -0.2) is 5.84 Å². The predicted molar refractivity (Wildman–Crippen MR) is 63.5 cm³/mol. The summed E-state index contributed by atoms with van der Waals surface area (Å²) in [5, 5.41) is 0. The van der Waals surface area contributed by atoms with E-state index in [2.05, 4.69) is 0 Å². The second-order valence-corrected chi connectivity index (χ2v) is 3.88. The molecule has 0 atom stereocenters. The van der Waals surface area contributed by atoms with Gasteiger partial charge in [-0.2, -0.15) is 13.2 Å². The number of ether oxygens (including phenoxy) is 1. The maximum absolute atomic E-state index is 12.8. The first kappa shape index (κ1) is 15.3. The molecule has 0 fully saturated rings. The molecule has 0 aliphatic carbocycles. The average Bonchev–Trinajstić information content (AvgIpc) is 2.37. The molecule has 0 saturated carbocycles. The standard InChI is InChI=1S/C12H15F3N2O2/c1-2-3-6-19-8-4-5-9(11(18)17-16)10(7-8)12(13,14)15/h4-5,7H,2-3,6,16H2,1H3,(H,17,18). The lowest BCUT2D eigenvalue weighted by Crippen LogP contribution is -2.31. The Morgan fingerprint density at radius 1 is 1.42 bits per heavy atom. The molecule has 1 aromatic carbocycles. The van der Waals surface area contributed by atoms with Gasteiger partial charge in [0.05, 0.1) is 17.7 Å². The summed E-state index contributed by atoms with van der Waals surface area (Å²) in [5.74, 6) is 3.94. The van der Waals surface area contributed by atoms with Crippen molar-refractivity contribution in [3.63, 3.8) is 0 Å². The summed E-state index contributed by atoms with van der Waals surface area (Å²) >= 11 is 0. The number of benzene rings is 1. The molecule has 1 amide bonds. The number of unbranched alkanes of at least 4 members (excludes halogenated alkanes) is 1. The number of hydrazine groups is 1. The van der Waals surface area contributed by atoms with Gasteiger partial charge < -0.3 is 4.74 Å². The van der Waals surface area contributed by atoms with Crippen LogP contribution in [0, 0.1) is 0 Å². The normalized spacial score (nSPS) is 11.2. The van der Waals surface area contributed by atoms with E-state index in [1.165, 1.54) is 6.07 Å². The molecule has 4 nitrogen and oxygen atoms in total. The van der Waals surface area contributed by atoms with E-state index in [-0.39, 0.29) is 5.75 Å². The number of nitrogen functional groups attached to an aromatic ring is 1. The van der Waals surface area contributed by atoms with Crippen molar-refractivity contribution < 1.29 is 22.7 Å². The Balaban J connectivity index is 3.05. The van der Waals surface area contributed by atoms with Crippen LogP contribution in [-0.4, -0.2) is 12.5 Å². The van der Waals surface area contributed by atoms with Crippen LogP contribution in [0.5, 0.6) is 5.75 Å². The summed E-state index contributed by atoms with van der Waals surface area (Å²) in [4.78, 5) is 11.3. The number of halogens is 3. The molecule has 3 N–H and O–H groups in total. The van der Waals surface area contributed by atoms with Crippen LogP contribution in [0.3, 0.4) is 0 Å². The van der Waals surface area contributed by atoms with E-state index in [0.717, 1.165) is 25.0 Å². The van der Waals surface area contributed by atoms with Gasteiger partial charge in [0.2, 0.25) is 0 Å². The highest BCUT2D eigenvalue weighted by Gasteiger charge is 2.35. The molecule has 0 saturated heterocycles. The zero-order chi connectivity index (χ0) is 14.5. The van der Waals surface area contributed by atoms with Crippen molar-refractivity contribution in [3.8, 4) is 5.75 Å². The minimum atomic E-state index is -4.65. The number of amides is 1. The van der Waals surface area contributed by atoms with E-state index >= 15 is 0 Å². The number of hydrogen-bond donors (Lipinski definition) is 2. The van der Waals surface area contributed by atoms with Gasteiger partial charge in [-0.15, -0.1) is 0 Å². The first-order valence-corrected chi connectivity index (χ1v) is 5.75. The molecule has 7 heteroatoms. The lowest BCUT2D eigenvalue weighted by Gasteiger charge is -2.14. The number of alkyl halides is 3. The van der Waals surface area contributed by atoms with Crippen molar-refractivity contribution in [2.45, 2.75) is 25.9 Å². The van der Waals surface area contributed by atoms with E-state index < -0.39 is 23.2 Å². The van der Waals surface area contributed by atoms with E-state index in [4.69, 9.17) is 10.6 Å². The van der Waals surface area contributed by atoms with Crippen LogP contribution in [0.15, 0.2) is 18.2 Å². The Bertz CT molecular complexity index is 447. The van der Waals surface area contributed by atoms with Crippen LogP contribution in [0.25, 0.3) is 0 Å². The summed E-state index contributed by atoms with van der Waals surface area (Å²) in [6, 6.07) is 3.17. The van der Waals surface area contributed by atoms with Crippen LogP contribution >= 0.6 is 0 Å². The summed E-state index contributed by atoms with van der Waals surface area (Å²) in [7, 11) is 0. The van der Waals surface area contributed by atoms with Gasteiger partial charge in [-0.05, 0) is 24.6 Å². The SMILES string of the molecule is CCCCOc1ccc(C(=O)NN)c(C(F)(F)F)c1. The smallest absolute Gasteiger partial charge is 0.417 e. The molecule has 0 unspecified atom stereocenters. The van der Waals surface area contributed by atoms with Gasteiger partial charge in [0.25, 0.3) is 5.91 Å². The predicted octanol–water partition coefficient (Wildman–Crippen LogP) is 2.49. The van der Waals surface area contributed by atoms with Gasteiger partial charge in [0, 0.05) is 0 Å². The molecule has 0 bridgehead atoms. The van der Waals surface area contributed by atoms with Gasteiger partial charge in [-0.1, -0.05) is 13.3 Å². The summed E-state index contributed by atoms with van der Waals surface area (Å²) in [5.41, 5.74) is 0.0907. The van der Waals surface area contributed by atoms with E-state index in [0.29, 0.717) is 6.61 Å². The molecule has 0 heterocycles. The van der Waals surface area contributed by atoms with E-state index in [1.807, 2.05) is 6.92 Å². The maximum Gasteiger partial charge on any atom is 0.417 e. The molecular formula is C12H15F3N2O2. The number of nitrogens with two attached hydrogens (primary N) is 1. The minimum Gasteiger partial charge on any atom is -0.494 e. The molecule has 0 aromatic heterocycles. The molecular weight excluding hydrogens is 261 g/mol. The monoisotopic (exact) mass is 276 g/mol. The van der Waals surface area contributed by atoms with Crippen molar-refractivity contribution in [2.24, 2.45) is 5.84 Å². The quantitative estimate of drug-likeness (QED) is 0.376. The van der Waals surface area contributed by atoms with Crippen molar-refractivity contribution >= 4 is 5.91 Å². The maximum atomic E-state index is 12.8. The molecule has 19 heavy (non-hydrogen) atoms. The van der Waals surface area contributed by atoms with E-state index in [9.17, 15) is 18.0 Å². The zero-order valence-electron chi connectivity index (χ0n) is 10.4. The topological polar surface area (TPSA) is 64.3 Å². The van der Waals surface area contributed by atoms with Gasteiger partial charge >= 0.3 is 6.18 Å². The highest BCUT2D eigenvalue weighted by atomic mass is 19.4. The lowest BCUT2D eigenvalue weighted by molar-refractivity contribution is -0.138. The summed E-state index contributed by atoms with van der Waals surface area (Å²) in [6.07, 6.45) is -3.03. The number of carbonyl (C=O) groups excluding carboxylic acids is 1. The van der Waals surface area contributed by atoms with Gasteiger partial charge in [-0.3, -0.25) is 10.2 Å². The largest absolute Gasteiger partial charge is 0.494 e. The fraction of sp³-hybridized carbons (Fsp3) is 0.417. The van der Waals surface area contributed by atoms with Gasteiger partial charge in [0.15, 0.2) is 0 Å². The number of hydrogen-bond acceptors (Lipinski definition) is 3. The third-order valence-electron chi connectivity index (χ3n) is 2.44.